The predicted molar refractivity (Wildman–Crippen MR) is 64.2 cm³/mol. The van der Waals surface area contributed by atoms with E-state index in [1.165, 1.54) is 16.2 Å². The number of nitrogens with zero attached hydrogens (tertiary/aromatic N) is 2. The summed E-state index contributed by atoms with van der Waals surface area (Å²) in [5, 5.41) is 11.8. The first kappa shape index (κ1) is 12.9. The molecular weight excluding hydrogens is 226 g/mol. The lowest BCUT2D eigenvalue weighted by Crippen LogP contribution is -2.40. The van der Waals surface area contributed by atoms with E-state index in [-0.39, 0.29) is 12.3 Å². The number of likely N-dealkylation sites (N-methyl/N-ethyl adjacent to an activating group) is 1. The lowest BCUT2D eigenvalue weighted by Gasteiger charge is -2.25. The maximum absolute atomic E-state index is 11.7. The standard InChI is InChI=1S/C10H17N3O2S/c1-10(2,15)6-13(3)8(14)4-7-5-16-9(11)12-7/h5,15H,4,6H2,1-3H3,(H2,11,12). The Kier molecular flexibility index (Phi) is 3.88. The number of aromatic nitrogens is 1. The molecule has 0 aliphatic heterocycles. The van der Waals surface area contributed by atoms with Gasteiger partial charge in [-0.05, 0) is 13.8 Å². The fraction of sp³-hybridized carbons (Fsp3) is 0.600. The van der Waals surface area contributed by atoms with Crippen LogP contribution in [0.2, 0.25) is 0 Å². The van der Waals surface area contributed by atoms with E-state index in [9.17, 15) is 9.90 Å². The molecule has 3 N–H and O–H groups in total. The second kappa shape index (κ2) is 4.80. The van der Waals surface area contributed by atoms with Crippen molar-refractivity contribution in [3.05, 3.63) is 11.1 Å². The van der Waals surface area contributed by atoms with Crippen molar-refractivity contribution in [1.29, 1.82) is 0 Å². The summed E-state index contributed by atoms with van der Waals surface area (Å²) in [5.41, 5.74) is 5.27. The summed E-state index contributed by atoms with van der Waals surface area (Å²) in [7, 11) is 1.66. The van der Waals surface area contributed by atoms with Crippen LogP contribution >= 0.6 is 11.3 Å². The summed E-state index contributed by atoms with van der Waals surface area (Å²) in [6.45, 7) is 3.63. The van der Waals surface area contributed by atoms with Crippen LogP contribution in [-0.4, -0.2) is 40.1 Å². The number of nitrogens with two attached hydrogens (primary N) is 1. The zero-order valence-corrected chi connectivity index (χ0v) is 10.5. The van der Waals surface area contributed by atoms with Crippen molar-refractivity contribution in [2.75, 3.05) is 19.3 Å². The van der Waals surface area contributed by atoms with Gasteiger partial charge in [0.2, 0.25) is 5.91 Å². The zero-order valence-electron chi connectivity index (χ0n) is 9.73. The highest BCUT2D eigenvalue weighted by atomic mass is 32.1. The number of hydrogen-bond acceptors (Lipinski definition) is 5. The van der Waals surface area contributed by atoms with Crippen LogP contribution in [0.15, 0.2) is 5.38 Å². The normalized spacial score (nSPS) is 11.5. The minimum Gasteiger partial charge on any atom is -0.389 e. The molecule has 5 nitrogen and oxygen atoms in total. The minimum absolute atomic E-state index is 0.0765. The maximum atomic E-state index is 11.7. The Morgan fingerprint density at radius 1 is 1.69 bits per heavy atom. The lowest BCUT2D eigenvalue weighted by molar-refractivity contribution is -0.131. The fourth-order valence-electron chi connectivity index (χ4n) is 1.36. The summed E-state index contributed by atoms with van der Waals surface area (Å²) < 4.78 is 0. The summed E-state index contributed by atoms with van der Waals surface area (Å²) in [6.07, 6.45) is 0.222. The molecule has 1 rings (SSSR count). The van der Waals surface area contributed by atoms with Crippen LogP contribution in [0.4, 0.5) is 5.13 Å². The van der Waals surface area contributed by atoms with E-state index in [2.05, 4.69) is 4.98 Å². The Hall–Kier alpha value is -1.14. The van der Waals surface area contributed by atoms with E-state index in [1.807, 2.05) is 0 Å². The summed E-state index contributed by atoms with van der Waals surface area (Å²) in [4.78, 5) is 17.2. The second-order valence-corrected chi connectivity index (χ2v) is 5.31. The molecule has 6 heteroatoms. The van der Waals surface area contributed by atoms with Crippen molar-refractivity contribution < 1.29 is 9.90 Å². The van der Waals surface area contributed by atoms with Gasteiger partial charge in [0.15, 0.2) is 5.13 Å². The highest BCUT2D eigenvalue weighted by Crippen LogP contribution is 2.12. The van der Waals surface area contributed by atoms with Crippen molar-refractivity contribution in [2.24, 2.45) is 0 Å². The molecule has 90 valence electrons. The van der Waals surface area contributed by atoms with Gasteiger partial charge < -0.3 is 15.7 Å². The number of thiazole rings is 1. The third kappa shape index (κ3) is 4.16. The molecule has 0 aromatic carbocycles. The van der Waals surface area contributed by atoms with Gasteiger partial charge >= 0.3 is 0 Å². The van der Waals surface area contributed by atoms with Crippen LogP contribution in [0.1, 0.15) is 19.5 Å². The van der Waals surface area contributed by atoms with Crippen molar-refractivity contribution in [3.8, 4) is 0 Å². The maximum Gasteiger partial charge on any atom is 0.228 e. The molecule has 0 radical (unpaired) electrons. The van der Waals surface area contributed by atoms with Crippen molar-refractivity contribution in [1.82, 2.24) is 9.88 Å². The van der Waals surface area contributed by atoms with Crippen LogP contribution in [0, 0.1) is 0 Å². The van der Waals surface area contributed by atoms with E-state index in [0.29, 0.717) is 17.4 Å². The first-order valence-electron chi connectivity index (χ1n) is 4.94. The molecule has 0 unspecified atom stereocenters. The second-order valence-electron chi connectivity index (χ2n) is 4.42. The summed E-state index contributed by atoms with van der Waals surface area (Å²) in [6, 6.07) is 0. The van der Waals surface area contributed by atoms with Crippen molar-refractivity contribution in [2.45, 2.75) is 25.9 Å². The largest absolute Gasteiger partial charge is 0.389 e. The number of hydrogen-bond donors (Lipinski definition) is 2. The average molecular weight is 243 g/mol. The molecular formula is C10H17N3O2S. The van der Waals surface area contributed by atoms with E-state index < -0.39 is 5.60 Å². The van der Waals surface area contributed by atoms with Crippen LogP contribution in [0.3, 0.4) is 0 Å². The quantitative estimate of drug-likeness (QED) is 0.807. The van der Waals surface area contributed by atoms with Gasteiger partial charge in [0.25, 0.3) is 0 Å². The number of carbonyl (C=O) groups excluding carboxylic acids is 1. The van der Waals surface area contributed by atoms with Gasteiger partial charge in [0.1, 0.15) is 0 Å². The Morgan fingerprint density at radius 3 is 2.75 bits per heavy atom. The van der Waals surface area contributed by atoms with E-state index in [0.717, 1.165) is 0 Å². The van der Waals surface area contributed by atoms with E-state index >= 15 is 0 Å². The number of aliphatic hydroxyl groups is 1. The molecule has 0 saturated carbocycles. The SMILES string of the molecule is CN(CC(C)(C)O)C(=O)Cc1csc(N)n1. The Balaban J connectivity index is 2.52. The van der Waals surface area contributed by atoms with Crippen LogP contribution in [0.25, 0.3) is 0 Å². The smallest absolute Gasteiger partial charge is 0.228 e. The monoisotopic (exact) mass is 243 g/mol. The fourth-order valence-corrected chi connectivity index (χ4v) is 1.93. The Bertz CT molecular complexity index is 370. The molecule has 1 heterocycles. The molecule has 16 heavy (non-hydrogen) atoms. The van der Waals surface area contributed by atoms with Gasteiger partial charge in [-0.25, -0.2) is 4.98 Å². The molecule has 0 spiro atoms. The first-order valence-corrected chi connectivity index (χ1v) is 5.82. The summed E-state index contributed by atoms with van der Waals surface area (Å²) >= 11 is 1.32. The number of carbonyl (C=O) groups is 1. The molecule has 0 bridgehead atoms. The molecule has 1 aromatic rings. The van der Waals surface area contributed by atoms with E-state index in [4.69, 9.17) is 5.73 Å². The molecule has 0 saturated heterocycles. The zero-order chi connectivity index (χ0) is 12.3. The summed E-state index contributed by atoms with van der Waals surface area (Å²) in [5.74, 6) is -0.0765. The number of nitrogen functional groups attached to an aromatic ring is 1. The van der Waals surface area contributed by atoms with Crippen LogP contribution in [-0.2, 0) is 11.2 Å². The van der Waals surface area contributed by atoms with E-state index in [1.54, 1.807) is 26.3 Å². The predicted octanol–water partition coefficient (Wildman–Crippen LogP) is 0.497. The van der Waals surface area contributed by atoms with Gasteiger partial charge in [-0.1, -0.05) is 0 Å². The first-order chi connectivity index (χ1) is 7.28. The Morgan fingerprint density at radius 2 is 2.31 bits per heavy atom. The van der Waals surface area contributed by atoms with Gasteiger partial charge in [-0.15, -0.1) is 11.3 Å². The van der Waals surface area contributed by atoms with Gasteiger partial charge in [-0.2, -0.15) is 0 Å². The minimum atomic E-state index is -0.883. The highest BCUT2D eigenvalue weighted by Gasteiger charge is 2.19. The topological polar surface area (TPSA) is 79.5 Å². The molecule has 0 atom stereocenters. The molecule has 1 aromatic heterocycles. The van der Waals surface area contributed by atoms with Gasteiger partial charge in [-0.3, -0.25) is 4.79 Å². The third-order valence-corrected chi connectivity index (χ3v) is 2.67. The van der Waals surface area contributed by atoms with Crippen LogP contribution < -0.4 is 5.73 Å². The molecule has 0 fully saturated rings. The van der Waals surface area contributed by atoms with Crippen molar-refractivity contribution >= 4 is 22.4 Å². The number of amides is 1. The third-order valence-electron chi connectivity index (χ3n) is 1.95. The molecule has 0 aliphatic rings. The number of rotatable bonds is 4. The van der Waals surface area contributed by atoms with Gasteiger partial charge in [0.05, 0.1) is 17.7 Å². The molecule has 1 amide bonds. The molecule has 0 aliphatic carbocycles. The van der Waals surface area contributed by atoms with Gasteiger partial charge in [0, 0.05) is 19.0 Å². The lowest BCUT2D eigenvalue weighted by atomic mass is 10.1. The Labute approximate surface area is 98.9 Å². The average Bonchev–Trinajstić information content (AvgIpc) is 2.48. The van der Waals surface area contributed by atoms with Crippen LogP contribution in [0.5, 0.6) is 0 Å². The highest BCUT2D eigenvalue weighted by molar-refractivity contribution is 7.13. The van der Waals surface area contributed by atoms with Crippen molar-refractivity contribution in [3.63, 3.8) is 0 Å². The number of anilines is 1.